The fourth-order valence-corrected chi connectivity index (χ4v) is 4.92. The van der Waals surface area contributed by atoms with Gasteiger partial charge in [-0.15, -0.1) is 0 Å². The first-order valence-electron chi connectivity index (χ1n) is 9.21. The number of ether oxygens (including phenoxy) is 1. The molecule has 3 aliphatic carbocycles. The number of rotatable bonds is 4. The molecule has 0 radical (unpaired) electrons. The van der Waals surface area contributed by atoms with Crippen molar-refractivity contribution in [1.82, 2.24) is 0 Å². The molecule has 2 bridgehead atoms. The first-order valence-corrected chi connectivity index (χ1v) is 9.21. The molecule has 3 nitrogen and oxygen atoms in total. The Labute approximate surface area is 148 Å². The third-order valence-electron chi connectivity index (χ3n) is 6.25. The molecule has 1 aromatic carbocycles. The van der Waals surface area contributed by atoms with Crippen molar-refractivity contribution in [2.75, 3.05) is 18.0 Å². The second-order valence-corrected chi connectivity index (χ2v) is 7.61. The second kappa shape index (κ2) is 5.83. The number of allylic oxidation sites excluding steroid dienone is 7. The molecule has 0 aromatic heterocycles. The van der Waals surface area contributed by atoms with Crippen LogP contribution in [0, 0.1) is 23.7 Å². The number of hydrogen-bond donors (Lipinski definition) is 1. The van der Waals surface area contributed by atoms with Crippen LogP contribution in [0.25, 0.3) is 0 Å². The molecule has 1 saturated heterocycles. The molecule has 1 N–H and O–H groups in total. The van der Waals surface area contributed by atoms with Crippen LogP contribution < -0.4 is 4.90 Å². The van der Waals surface area contributed by atoms with E-state index < -0.39 is 0 Å². The molecule has 128 valence electrons. The smallest absolute Gasteiger partial charge is 0.284 e. The highest BCUT2D eigenvalue weighted by atomic mass is 16.6. The molecule has 1 saturated carbocycles. The zero-order chi connectivity index (χ0) is 16.8. The van der Waals surface area contributed by atoms with Crippen LogP contribution in [0.15, 0.2) is 72.2 Å². The average molecular weight is 333 g/mol. The number of aliphatic hydroxyl groups excluding tert-OH is 1. The van der Waals surface area contributed by atoms with E-state index in [1.54, 1.807) is 0 Å². The molecule has 0 amide bonds. The van der Waals surface area contributed by atoms with Crippen molar-refractivity contribution in [3.05, 3.63) is 77.8 Å². The van der Waals surface area contributed by atoms with Crippen LogP contribution in [0.5, 0.6) is 0 Å². The minimum atomic E-state index is -0.00980. The van der Waals surface area contributed by atoms with Gasteiger partial charge in [-0.25, -0.2) is 0 Å². The zero-order valence-corrected chi connectivity index (χ0v) is 14.2. The van der Waals surface area contributed by atoms with Gasteiger partial charge >= 0.3 is 0 Å². The SMILES string of the molecule is OC(OCc1ccc(N2CC3C4C=CC(C4)C3C2)cc1)=C1C=CC=C1. The van der Waals surface area contributed by atoms with Gasteiger partial charge in [-0.2, -0.15) is 0 Å². The Morgan fingerprint density at radius 2 is 1.64 bits per heavy atom. The first kappa shape index (κ1) is 14.9. The summed E-state index contributed by atoms with van der Waals surface area (Å²) in [4.78, 5) is 2.54. The van der Waals surface area contributed by atoms with Gasteiger partial charge in [-0.3, -0.25) is 0 Å². The molecule has 4 atom stereocenters. The number of benzene rings is 1. The van der Waals surface area contributed by atoms with Crippen molar-refractivity contribution < 1.29 is 9.84 Å². The van der Waals surface area contributed by atoms with E-state index in [0.29, 0.717) is 6.61 Å². The number of nitrogens with zero attached hydrogens (tertiary/aromatic N) is 1. The van der Waals surface area contributed by atoms with E-state index in [4.69, 9.17) is 4.74 Å². The maximum atomic E-state index is 9.93. The number of aliphatic hydroxyl groups is 1. The highest BCUT2D eigenvalue weighted by molar-refractivity contribution is 5.49. The molecule has 1 aliphatic heterocycles. The van der Waals surface area contributed by atoms with Crippen LogP contribution in [0.2, 0.25) is 0 Å². The third-order valence-corrected chi connectivity index (χ3v) is 6.25. The standard InChI is InChI=1S/C22H23NO2/c24-22(16-3-1-2-4-16)25-14-15-5-9-19(10-6-15)23-12-20-17-7-8-18(11-17)21(20)13-23/h1-10,17-18,20-21,24H,11-14H2. The van der Waals surface area contributed by atoms with Gasteiger partial charge < -0.3 is 14.7 Å². The lowest BCUT2D eigenvalue weighted by atomic mass is 9.86. The maximum absolute atomic E-state index is 9.93. The molecule has 3 heteroatoms. The lowest BCUT2D eigenvalue weighted by molar-refractivity contribution is 0.0807. The van der Waals surface area contributed by atoms with Gasteiger partial charge in [0.15, 0.2) is 0 Å². The molecule has 4 aliphatic rings. The van der Waals surface area contributed by atoms with Crippen LogP contribution in [0.1, 0.15) is 12.0 Å². The van der Waals surface area contributed by atoms with Crippen LogP contribution >= 0.6 is 0 Å². The highest BCUT2D eigenvalue weighted by Crippen LogP contribution is 2.51. The molecule has 1 aromatic rings. The van der Waals surface area contributed by atoms with Gasteiger partial charge in [0, 0.05) is 18.8 Å². The average Bonchev–Trinajstić information content (AvgIpc) is 3.42. The van der Waals surface area contributed by atoms with Gasteiger partial charge in [-0.05, 0) is 59.9 Å². The van der Waals surface area contributed by atoms with Crippen LogP contribution in [-0.4, -0.2) is 18.2 Å². The van der Waals surface area contributed by atoms with Crippen molar-refractivity contribution in [3.8, 4) is 0 Å². The van der Waals surface area contributed by atoms with E-state index in [1.165, 1.54) is 25.2 Å². The Morgan fingerprint density at radius 3 is 2.28 bits per heavy atom. The van der Waals surface area contributed by atoms with Crippen molar-refractivity contribution in [1.29, 1.82) is 0 Å². The van der Waals surface area contributed by atoms with E-state index in [9.17, 15) is 5.11 Å². The molecule has 25 heavy (non-hydrogen) atoms. The zero-order valence-electron chi connectivity index (χ0n) is 14.2. The molecule has 4 unspecified atom stereocenters. The minimum Gasteiger partial charge on any atom is -0.481 e. The molecule has 2 fully saturated rings. The third kappa shape index (κ3) is 2.58. The summed E-state index contributed by atoms with van der Waals surface area (Å²) < 4.78 is 5.49. The number of anilines is 1. The fraction of sp³-hybridized carbons (Fsp3) is 0.364. The minimum absolute atomic E-state index is 0.00980. The first-order chi connectivity index (χ1) is 12.3. The van der Waals surface area contributed by atoms with Crippen LogP contribution in [-0.2, 0) is 11.3 Å². The summed E-state index contributed by atoms with van der Waals surface area (Å²) >= 11 is 0. The topological polar surface area (TPSA) is 32.7 Å². The summed E-state index contributed by atoms with van der Waals surface area (Å²) in [6, 6.07) is 8.59. The molecule has 1 heterocycles. The van der Waals surface area contributed by atoms with E-state index in [2.05, 4.69) is 41.3 Å². The Balaban J connectivity index is 1.22. The van der Waals surface area contributed by atoms with E-state index >= 15 is 0 Å². The molecular formula is C22H23NO2. The molecule has 0 spiro atoms. The Hall–Kier alpha value is -2.42. The largest absolute Gasteiger partial charge is 0.481 e. The summed E-state index contributed by atoms with van der Waals surface area (Å²) in [6.45, 7) is 2.77. The van der Waals surface area contributed by atoms with Crippen molar-refractivity contribution in [2.24, 2.45) is 23.7 Å². The summed E-state index contributed by atoms with van der Waals surface area (Å²) in [7, 11) is 0. The van der Waals surface area contributed by atoms with Gasteiger partial charge in [0.05, 0.1) is 5.57 Å². The van der Waals surface area contributed by atoms with E-state index in [-0.39, 0.29) is 5.95 Å². The summed E-state index contributed by atoms with van der Waals surface area (Å²) in [5.41, 5.74) is 3.10. The van der Waals surface area contributed by atoms with Crippen molar-refractivity contribution in [3.63, 3.8) is 0 Å². The summed E-state index contributed by atoms with van der Waals surface area (Å²) in [5, 5.41) is 9.93. The number of fused-ring (bicyclic) bond motifs is 5. The lowest BCUT2D eigenvalue weighted by Gasteiger charge is -2.21. The van der Waals surface area contributed by atoms with E-state index in [1.807, 2.05) is 24.3 Å². The molecule has 5 rings (SSSR count). The Bertz CT molecular complexity index is 753. The van der Waals surface area contributed by atoms with Gasteiger partial charge in [0.1, 0.15) is 6.61 Å². The van der Waals surface area contributed by atoms with E-state index in [0.717, 1.165) is 34.8 Å². The highest BCUT2D eigenvalue weighted by Gasteiger charge is 2.49. The van der Waals surface area contributed by atoms with Crippen LogP contribution in [0.4, 0.5) is 5.69 Å². The normalized spacial score (nSPS) is 31.2. The summed E-state index contributed by atoms with van der Waals surface area (Å²) in [6.07, 6.45) is 13.7. The van der Waals surface area contributed by atoms with Crippen molar-refractivity contribution in [2.45, 2.75) is 13.0 Å². The Kier molecular flexibility index (Phi) is 3.47. The number of hydrogen-bond acceptors (Lipinski definition) is 3. The van der Waals surface area contributed by atoms with Crippen LogP contribution in [0.3, 0.4) is 0 Å². The summed E-state index contributed by atoms with van der Waals surface area (Å²) in [5.74, 6) is 3.34. The quantitative estimate of drug-likeness (QED) is 0.656. The predicted octanol–water partition coefficient (Wildman–Crippen LogP) is 4.36. The van der Waals surface area contributed by atoms with Crippen molar-refractivity contribution >= 4 is 5.69 Å². The van der Waals surface area contributed by atoms with Gasteiger partial charge in [0.2, 0.25) is 0 Å². The fourth-order valence-electron chi connectivity index (χ4n) is 4.92. The molecular weight excluding hydrogens is 310 g/mol. The predicted molar refractivity (Wildman–Crippen MR) is 99.1 cm³/mol. The van der Waals surface area contributed by atoms with Gasteiger partial charge in [0.25, 0.3) is 5.95 Å². The second-order valence-electron chi connectivity index (χ2n) is 7.61. The monoisotopic (exact) mass is 333 g/mol. The lowest BCUT2D eigenvalue weighted by Crippen LogP contribution is -2.22. The maximum Gasteiger partial charge on any atom is 0.284 e. The Morgan fingerprint density at radius 1 is 1.00 bits per heavy atom. The van der Waals surface area contributed by atoms with Gasteiger partial charge in [-0.1, -0.05) is 36.4 Å².